The summed E-state index contributed by atoms with van der Waals surface area (Å²) in [6, 6.07) is 0. The van der Waals surface area contributed by atoms with Gasteiger partial charge in [-0.3, -0.25) is 4.68 Å². The van der Waals surface area contributed by atoms with Gasteiger partial charge >= 0.3 is 5.95 Å². The summed E-state index contributed by atoms with van der Waals surface area (Å²) in [5.41, 5.74) is 1.53. The first-order valence-corrected chi connectivity index (χ1v) is 5.08. The number of aromatic nitrogens is 5. The first-order valence-electron chi connectivity index (χ1n) is 4.71. The third-order valence-corrected chi connectivity index (χ3v) is 2.75. The van der Waals surface area contributed by atoms with Crippen molar-refractivity contribution in [2.75, 3.05) is 0 Å². The molecule has 0 atom stereocenters. The van der Waals surface area contributed by atoms with E-state index >= 15 is 0 Å². The molecule has 9 heteroatoms. The molecule has 0 fully saturated rings. The van der Waals surface area contributed by atoms with Gasteiger partial charge in [-0.15, -0.1) is 0 Å². The Bertz CT molecular complexity index is 575. The monoisotopic (exact) mass is 256 g/mol. The second kappa shape index (κ2) is 4.13. The maximum absolute atomic E-state index is 10.4. The molecule has 0 spiro atoms. The van der Waals surface area contributed by atoms with Crippen molar-refractivity contribution in [1.29, 1.82) is 0 Å². The van der Waals surface area contributed by atoms with Crippen LogP contribution in [0.25, 0.3) is 0 Å². The van der Waals surface area contributed by atoms with E-state index in [0.29, 0.717) is 11.7 Å². The zero-order valence-corrected chi connectivity index (χ0v) is 9.92. The van der Waals surface area contributed by atoms with Gasteiger partial charge < -0.3 is 10.1 Å². The lowest BCUT2D eigenvalue weighted by molar-refractivity contribution is -0.394. The Labute approximate surface area is 101 Å². The normalized spacial score (nSPS) is 10.8. The summed E-state index contributed by atoms with van der Waals surface area (Å²) in [4.78, 5) is 13.3. The minimum atomic E-state index is -0.645. The maximum atomic E-state index is 10.4. The van der Waals surface area contributed by atoms with E-state index in [2.05, 4.69) is 15.2 Å². The van der Waals surface area contributed by atoms with Crippen LogP contribution in [-0.4, -0.2) is 29.5 Å². The van der Waals surface area contributed by atoms with Gasteiger partial charge in [-0.2, -0.15) is 9.78 Å². The van der Waals surface area contributed by atoms with E-state index < -0.39 is 10.9 Å². The second-order valence-corrected chi connectivity index (χ2v) is 3.84. The van der Waals surface area contributed by atoms with E-state index in [1.165, 1.54) is 15.7 Å². The number of nitro groups is 1. The van der Waals surface area contributed by atoms with Crippen LogP contribution in [-0.2, 0) is 13.6 Å². The standard InChI is InChI=1S/C8H9ClN6O2/c1-5-6(7(9)13(2)11-5)3-14-4-10-8(12-14)15(16)17/h4H,3H2,1-2H3. The van der Waals surface area contributed by atoms with Crippen LogP contribution in [0.15, 0.2) is 6.33 Å². The molecule has 0 aliphatic carbocycles. The fraction of sp³-hybridized carbons (Fsp3) is 0.375. The molecule has 0 radical (unpaired) electrons. The van der Waals surface area contributed by atoms with Gasteiger partial charge in [0.05, 0.1) is 12.2 Å². The van der Waals surface area contributed by atoms with Crippen LogP contribution < -0.4 is 0 Å². The summed E-state index contributed by atoms with van der Waals surface area (Å²) in [5, 5.41) is 18.8. The highest BCUT2D eigenvalue weighted by Gasteiger charge is 2.17. The Hall–Kier alpha value is -1.96. The summed E-state index contributed by atoms with van der Waals surface area (Å²) < 4.78 is 2.89. The fourth-order valence-electron chi connectivity index (χ4n) is 1.46. The largest absolute Gasteiger partial charge is 0.490 e. The summed E-state index contributed by atoms with van der Waals surface area (Å²) in [6.45, 7) is 2.12. The van der Waals surface area contributed by atoms with Crippen molar-refractivity contribution in [1.82, 2.24) is 24.5 Å². The zero-order valence-electron chi connectivity index (χ0n) is 9.16. The van der Waals surface area contributed by atoms with E-state index in [1.807, 2.05) is 6.92 Å². The maximum Gasteiger partial charge on any atom is 0.490 e. The number of hydrogen-bond acceptors (Lipinski definition) is 5. The van der Waals surface area contributed by atoms with Crippen molar-refractivity contribution in [3.8, 4) is 0 Å². The van der Waals surface area contributed by atoms with E-state index in [0.717, 1.165) is 11.3 Å². The fourth-order valence-corrected chi connectivity index (χ4v) is 1.69. The molecule has 0 amide bonds. The second-order valence-electron chi connectivity index (χ2n) is 3.48. The van der Waals surface area contributed by atoms with Crippen molar-refractivity contribution in [3.05, 3.63) is 32.9 Å². The van der Waals surface area contributed by atoms with Gasteiger partial charge in [0.1, 0.15) is 5.15 Å². The van der Waals surface area contributed by atoms with Crippen molar-refractivity contribution in [2.45, 2.75) is 13.5 Å². The lowest BCUT2D eigenvalue weighted by atomic mass is 10.3. The third-order valence-electron chi connectivity index (χ3n) is 2.28. The molecule has 90 valence electrons. The summed E-state index contributed by atoms with van der Waals surface area (Å²) in [7, 11) is 1.72. The van der Waals surface area contributed by atoms with Crippen LogP contribution in [0, 0.1) is 17.0 Å². The van der Waals surface area contributed by atoms with Crippen LogP contribution in [0.5, 0.6) is 0 Å². The van der Waals surface area contributed by atoms with Crippen molar-refractivity contribution in [2.24, 2.45) is 7.05 Å². The van der Waals surface area contributed by atoms with Crippen molar-refractivity contribution in [3.63, 3.8) is 0 Å². The summed E-state index contributed by atoms with van der Waals surface area (Å²) >= 11 is 6.04. The molecule has 0 N–H and O–H groups in total. The smallest absolute Gasteiger partial charge is 0.390 e. The Morgan fingerprint density at radius 1 is 1.53 bits per heavy atom. The van der Waals surface area contributed by atoms with Gasteiger partial charge in [0.15, 0.2) is 0 Å². The highest BCUT2D eigenvalue weighted by molar-refractivity contribution is 6.30. The molecule has 0 aliphatic heterocycles. The number of hydrogen-bond donors (Lipinski definition) is 0. The number of nitrogens with zero attached hydrogens (tertiary/aromatic N) is 6. The van der Waals surface area contributed by atoms with Gasteiger partial charge in [0.25, 0.3) is 0 Å². The first-order chi connectivity index (χ1) is 7.99. The van der Waals surface area contributed by atoms with E-state index in [-0.39, 0.29) is 0 Å². The van der Waals surface area contributed by atoms with Crippen LogP contribution in [0.1, 0.15) is 11.3 Å². The number of rotatable bonds is 3. The van der Waals surface area contributed by atoms with Gasteiger partial charge in [-0.25, -0.2) is 0 Å². The topological polar surface area (TPSA) is 91.7 Å². The lowest BCUT2D eigenvalue weighted by Gasteiger charge is -1.96. The minimum Gasteiger partial charge on any atom is -0.390 e. The molecule has 0 saturated heterocycles. The minimum absolute atomic E-state index is 0.305. The van der Waals surface area contributed by atoms with Crippen LogP contribution >= 0.6 is 11.6 Å². The Morgan fingerprint density at radius 3 is 2.71 bits per heavy atom. The molecular formula is C8H9ClN6O2. The SMILES string of the molecule is Cc1nn(C)c(Cl)c1Cn1cnc([N+](=O)[O-])n1. The average Bonchev–Trinajstić information content (AvgIpc) is 2.80. The molecule has 0 saturated carbocycles. The predicted molar refractivity (Wildman–Crippen MR) is 58.7 cm³/mol. The molecule has 0 aliphatic rings. The Balaban J connectivity index is 2.28. The molecule has 8 nitrogen and oxygen atoms in total. The van der Waals surface area contributed by atoms with Gasteiger partial charge in [0.2, 0.25) is 6.33 Å². The quantitative estimate of drug-likeness (QED) is 0.602. The molecule has 2 heterocycles. The van der Waals surface area contributed by atoms with Gasteiger partial charge in [-0.05, 0) is 11.8 Å². The highest BCUT2D eigenvalue weighted by Crippen LogP contribution is 2.19. The zero-order chi connectivity index (χ0) is 12.6. The van der Waals surface area contributed by atoms with Gasteiger partial charge in [0, 0.05) is 17.7 Å². The van der Waals surface area contributed by atoms with Crippen molar-refractivity contribution < 1.29 is 4.92 Å². The molecule has 17 heavy (non-hydrogen) atoms. The molecule has 0 bridgehead atoms. The molecule has 2 rings (SSSR count). The van der Waals surface area contributed by atoms with E-state index in [1.54, 1.807) is 7.05 Å². The van der Waals surface area contributed by atoms with Crippen molar-refractivity contribution >= 4 is 17.5 Å². The van der Waals surface area contributed by atoms with Crippen LogP contribution in [0.2, 0.25) is 5.15 Å². The third kappa shape index (κ3) is 2.11. The number of halogens is 1. The van der Waals surface area contributed by atoms with E-state index in [4.69, 9.17) is 11.6 Å². The average molecular weight is 257 g/mol. The molecule has 0 aromatic carbocycles. The summed E-state index contributed by atoms with van der Waals surface area (Å²) in [6.07, 6.45) is 1.29. The van der Waals surface area contributed by atoms with Crippen LogP contribution in [0.4, 0.5) is 5.95 Å². The van der Waals surface area contributed by atoms with E-state index in [9.17, 15) is 10.1 Å². The van der Waals surface area contributed by atoms with Crippen LogP contribution in [0.3, 0.4) is 0 Å². The number of aryl methyl sites for hydroxylation is 2. The lowest BCUT2D eigenvalue weighted by Crippen LogP contribution is -2.02. The molecule has 2 aromatic heterocycles. The van der Waals surface area contributed by atoms with Gasteiger partial charge in [-0.1, -0.05) is 16.6 Å². The summed E-state index contributed by atoms with van der Waals surface area (Å²) in [5.74, 6) is -0.428. The predicted octanol–water partition coefficient (Wildman–Crippen LogP) is 0.930. The first kappa shape index (κ1) is 11.5. The molecule has 2 aromatic rings. The molecule has 0 unspecified atom stereocenters. The molecular weight excluding hydrogens is 248 g/mol. The Morgan fingerprint density at radius 2 is 2.24 bits per heavy atom. The Kier molecular flexibility index (Phi) is 2.80. The highest BCUT2D eigenvalue weighted by atomic mass is 35.5.